The molecule has 0 saturated heterocycles. The normalized spacial score (nSPS) is 10.0. The first kappa shape index (κ1) is 12.7. The summed E-state index contributed by atoms with van der Waals surface area (Å²) in [5, 5.41) is 0. The molecular weight excluding hydrogens is 204 g/mol. The minimum absolute atomic E-state index is 0.743. The quantitative estimate of drug-likeness (QED) is 0.742. The number of benzene rings is 1. The number of rotatable bonds is 6. The van der Waals surface area contributed by atoms with Crippen LogP contribution in [-0.2, 0) is 6.42 Å². The van der Waals surface area contributed by atoms with E-state index in [0.29, 0.717) is 0 Å². The van der Waals surface area contributed by atoms with Crippen molar-refractivity contribution < 1.29 is 14.2 Å². The van der Waals surface area contributed by atoms with E-state index in [1.165, 1.54) is 0 Å². The monoisotopic (exact) mass is 223 g/mol. The summed E-state index contributed by atoms with van der Waals surface area (Å²) in [6.07, 6.45) is 2.82. The van der Waals surface area contributed by atoms with Crippen LogP contribution in [0, 0.1) is 6.92 Å². The van der Waals surface area contributed by atoms with E-state index >= 15 is 0 Å². The fourth-order valence-electron chi connectivity index (χ4n) is 1.63. The van der Waals surface area contributed by atoms with Gasteiger partial charge in [0.1, 0.15) is 17.2 Å². The Labute approximate surface area is 97.3 Å². The van der Waals surface area contributed by atoms with Crippen molar-refractivity contribution in [1.29, 1.82) is 0 Å². The summed E-state index contributed by atoms with van der Waals surface area (Å²) in [6, 6.07) is 3.75. The van der Waals surface area contributed by atoms with Crippen LogP contribution in [0.5, 0.6) is 17.2 Å². The largest absolute Gasteiger partial charge is 0.496 e. The Kier molecular flexibility index (Phi) is 4.96. The predicted molar refractivity (Wildman–Crippen MR) is 64.4 cm³/mol. The second-order valence-corrected chi connectivity index (χ2v) is 3.47. The van der Waals surface area contributed by atoms with E-state index in [4.69, 9.17) is 14.2 Å². The van der Waals surface area contributed by atoms with Gasteiger partial charge in [0.2, 0.25) is 0 Å². The molecule has 1 aromatic carbocycles. The molecule has 1 aromatic rings. The molecule has 16 heavy (non-hydrogen) atoms. The lowest BCUT2D eigenvalue weighted by Gasteiger charge is -2.14. The van der Waals surface area contributed by atoms with E-state index in [9.17, 15) is 0 Å². The first-order valence-corrected chi connectivity index (χ1v) is 5.35. The van der Waals surface area contributed by atoms with E-state index < -0.39 is 0 Å². The molecule has 89 valence electrons. The highest BCUT2D eigenvalue weighted by atomic mass is 16.5. The highest BCUT2D eigenvalue weighted by Crippen LogP contribution is 2.34. The molecule has 0 bridgehead atoms. The Bertz CT molecular complexity index is 309. The molecule has 3 nitrogen and oxygen atoms in total. The molecule has 0 heterocycles. The molecule has 0 unspecified atom stereocenters. The average Bonchev–Trinajstić information content (AvgIpc) is 2.35. The maximum absolute atomic E-state index is 5.35. The lowest BCUT2D eigenvalue weighted by Crippen LogP contribution is -1.98. The Balaban J connectivity index is 3.09. The predicted octanol–water partition coefficient (Wildman–Crippen LogP) is 2.87. The third-order valence-corrected chi connectivity index (χ3v) is 2.49. The molecule has 0 aliphatic heterocycles. The number of unbranched alkanes of at least 4 members (excludes halogenated alkanes) is 1. The number of hydrogen-bond donors (Lipinski definition) is 0. The van der Waals surface area contributed by atoms with E-state index in [1.807, 2.05) is 12.1 Å². The van der Waals surface area contributed by atoms with E-state index in [-0.39, 0.29) is 0 Å². The van der Waals surface area contributed by atoms with E-state index in [2.05, 4.69) is 6.92 Å². The van der Waals surface area contributed by atoms with Crippen LogP contribution in [0.1, 0.15) is 18.4 Å². The third kappa shape index (κ3) is 2.81. The summed E-state index contributed by atoms with van der Waals surface area (Å²) in [6.45, 7) is 3.84. The SMILES string of the molecule is [CH2]CCCc1c(OC)cc(OC)cc1OC. The lowest BCUT2D eigenvalue weighted by atomic mass is 10.1. The van der Waals surface area contributed by atoms with Crippen LogP contribution < -0.4 is 14.2 Å². The van der Waals surface area contributed by atoms with Gasteiger partial charge < -0.3 is 14.2 Å². The molecule has 0 aliphatic carbocycles. The van der Waals surface area contributed by atoms with Crippen LogP contribution in [0.2, 0.25) is 0 Å². The van der Waals surface area contributed by atoms with Gasteiger partial charge in [-0.25, -0.2) is 0 Å². The van der Waals surface area contributed by atoms with Gasteiger partial charge in [0, 0.05) is 17.7 Å². The molecule has 1 radical (unpaired) electrons. The summed E-state index contributed by atoms with van der Waals surface area (Å²) >= 11 is 0. The molecule has 0 aliphatic rings. The van der Waals surface area contributed by atoms with Gasteiger partial charge >= 0.3 is 0 Å². The van der Waals surface area contributed by atoms with Gasteiger partial charge in [-0.2, -0.15) is 0 Å². The Morgan fingerprint density at radius 1 is 1.00 bits per heavy atom. The van der Waals surface area contributed by atoms with Gasteiger partial charge in [0.05, 0.1) is 21.3 Å². The lowest BCUT2D eigenvalue weighted by molar-refractivity contribution is 0.368. The second kappa shape index (κ2) is 6.26. The minimum Gasteiger partial charge on any atom is -0.496 e. The van der Waals surface area contributed by atoms with Crippen molar-refractivity contribution in [2.24, 2.45) is 0 Å². The van der Waals surface area contributed by atoms with Crippen LogP contribution >= 0.6 is 0 Å². The van der Waals surface area contributed by atoms with Crippen molar-refractivity contribution in [3.05, 3.63) is 24.6 Å². The molecule has 0 fully saturated rings. The number of hydrogen-bond acceptors (Lipinski definition) is 3. The average molecular weight is 223 g/mol. The topological polar surface area (TPSA) is 27.7 Å². The van der Waals surface area contributed by atoms with Gasteiger partial charge in [-0.3, -0.25) is 0 Å². The van der Waals surface area contributed by atoms with Crippen LogP contribution in [0.25, 0.3) is 0 Å². The first-order chi connectivity index (χ1) is 7.76. The fraction of sp³-hybridized carbons (Fsp3) is 0.462. The number of methoxy groups -OCH3 is 3. The first-order valence-electron chi connectivity index (χ1n) is 5.35. The van der Waals surface area contributed by atoms with Crippen molar-refractivity contribution in [2.75, 3.05) is 21.3 Å². The molecule has 0 amide bonds. The molecule has 0 N–H and O–H groups in total. The van der Waals surface area contributed by atoms with Crippen LogP contribution in [-0.4, -0.2) is 21.3 Å². The molecule has 0 atom stereocenters. The summed E-state index contributed by atoms with van der Waals surface area (Å²) < 4.78 is 15.9. The zero-order chi connectivity index (χ0) is 12.0. The summed E-state index contributed by atoms with van der Waals surface area (Å²) in [7, 11) is 4.94. The van der Waals surface area contributed by atoms with Crippen molar-refractivity contribution >= 4 is 0 Å². The van der Waals surface area contributed by atoms with Crippen molar-refractivity contribution in [3.8, 4) is 17.2 Å². The zero-order valence-corrected chi connectivity index (χ0v) is 10.2. The maximum Gasteiger partial charge on any atom is 0.129 e. The highest BCUT2D eigenvalue weighted by molar-refractivity contribution is 5.50. The molecule has 1 rings (SSSR count). The Morgan fingerprint density at radius 3 is 1.94 bits per heavy atom. The molecule has 0 saturated carbocycles. The van der Waals surface area contributed by atoms with Gasteiger partial charge in [-0.15, -0.1) is 0 Å². The number of ether oxygens (including phenoxy) is 3. The van der Waals surface area contributed by atoms with Gasteiger partial charge in [0.25, 0.3) is 0 Å². The van der Waals surface area contributed by atoms with Gasteiger partial charge in [-0.05, 0) is 12.8 Å². The van der Waals surface area contributed by atoms with Crippen LogP contribution in [0.15, 0.2) is 12.1 Å². The zero-order valence-electron chi connectivity index (χ0n) is 10.2. The fourth-order valence-corrected chi connectivity index (χ4v) is 1.63. The summed E-state index contributed by atoms with van der Waals surface area (Å²) in [5.41, 5.74) is 1.08. The smallest absolute Gasteiger partial charge is 0.129 e. The highest BCUT2D eigenvalue weighted by Gasteiger charge is 2.12. The maximum atomic E-state index is 5.35. The molecular formula is C13H19O3. The molecule has 0 spiro atoms. The second-order valence-electron chi connectivity index (χ2n) is 3.47. The summed E-state index contributed by atoms with van der Waals surface area (Å²) in [4.78, 5) is 0. The summed E-state index contributed by atoms with van der Waals surface area (Å²) in [5.74, 6) is 2.36. The molecule has 0 aromatic heterocycles. The van der Waals surface area contributed by atoms with E-state index in [1.54, 1.807) is 21.3 Å². The standard InChI is InChI=1S/C13H19O3/c1-5-6-7-11-12(15-3)8-10(14-2)9-13(11)16-4/h8-9H,1,5-7H2,2-4H3. The minimum atomic E-state index is 0.743. The van der Waals surface area contributed by atoms with Crippen LogP contribution in [0.3, 0.4) is 0 Å². The molecule has 3 heteroatoms. The van der Waals surface area contributed by atoms with Gasteiger partial charge in [0.15, 0.2) is 0 Å². The van der Waals surface area contributed by atoms with Gasteiger partial charge in [-0.1, -0.05) is 13.3 Å². The van der Waals surface area contributed by atoms with Crippen LogP contribution in [0.4, 0.5) is 0 Å². The van der Waals surface area contributed by atoms with E-state index in [0.717, 1.165) is 42.1 Å². The Morgan fingerprint density at radius 2 is 1.56 bits per heavy atom. The Hall–Kier alpha value is -1.38. The van der Waals surface area contributed by atoms with Crippen molar-refractivity contribution in [1.82, 2.24) is 0 Å². The third-order valence-electron chi connectivity index (χ3n) is 2.49. The van der Waals surface area contributed by atoms with Crippen molar-refractivity contribution in [3.63, 3.8) is 0 Å². The van der Waals surface area contributed by atoms with Crippen molar-refractivity contribution in [2.45, 2.75) is 19.3 Å².